The lowest BCUT2D eigenvalue weighted by atomic mass is 9.84. The van der Waals surface area contributed by atoms with Gasteiger partial charge < -0.3 is 10.1 Å². The number of ether oxygens (including phenoxy) is 1. The molecule has 0 aliphatic heterocycles. The Morgan fingerprint density at radius 1 is 1.38 bits per heavy atom. The third kappa shape index (κ3) is 4.97. The lowest BCUT2D eigenvalue weighted by molar-refractivity contribution is -0.143. The van der Waals surface area contributed by atoms with E-state index in [9.17, 15) is 4.79 Å². The zero-order valence-electron chi connectivity index (χ0n) is 10.6. The molecule has 0 radical (unpaired) electrons. The lowest BCUT2D eigenvalue weighted by Crippen LogP contribution is -2.36. The molecule has 1 atom stereocenters. The molecular weight excluding hydrogens is 202 g/mol. The van der Waals surface area contributed by atoms with Crippen LogP contribution in [-0.2, 0) is 9.53 Å². The first-order chi connectivity index (χ1) is 7.74. The molecule has 0 spiro atoms. The van der Waals surface area contributed by atoms with E-state index in [0.29, 0.717) is 19.1 Å². The Morgan fingerprint density at radius 3 is 2.69 bits per heavy atom. The summed E-state index contributed by atoms with van der Waals surface area (Å²) in [7, 11) is 0. The zero-order valence-corrected chi connectivity index (χ0v) is 10.6. The van der Waals surface area contributed by atoms with Gasteiger partial charge in [0.1, 0.15) is 0 Å². The standard InChI is InChI=1S/C13H25NO2/c1-3-16-13(15)9-10-14-11(2)12-7-5-4-6-8-12/h11-12,14H,3-10H2,1-2H3/t11-/m1/s1. The highest BCUT2D eigenvalue weighted by molar-refractivity contribution is 5.69. The minimum Gasteiger partial charge on any atom is -0.466 e. The summed E-state index contributed by atoms with van der Waals surface area (Å²) in [5.74, 6) is 0.710. The van der Waals surface area contributed by atoms with Crippen LogP contribution in [0.5, 0.6) is 0 Å². The first kappa shape index (κ1) is 13.5. The van der Waals surface area contributed by atoms with Gasteiger partial charge in [0.15, 0.2) is 0 Å². The normalized spacial score (nSPS) is 19.4. The molecular formula is C13H25NO2. The summed E-state index contributed by atoms with van der Waals surface area (Å²) in [4.78, 5) is 11.1. The van der Waals surface area contributed by atoms with Crippen molar-refractivity contribution in [2.24, 2.45) is 5.92 Å². The Bertz CT molecular complexity index is 200. The molecule has 0 saturated heterocycles. The van der Waals surface area contributed by atoms with Crippen LogP contribution in [0.25, 0.3) is 0 Å². The number of hydrogen-bond acceptors (Lipinski definition) is 3. The zero-order chi connectivity index (χ0) is 11.8. The topological polar surface area (TPSA) is 38.3 Å². The van der Waals surface area contributed by atoms with Gasteiger partial charge in [-0.3, -0.25) is 4.79 Å². The molecule has 0 bridgehead atoms. The Balaban J connectivity index is 2.09. The van der Waals surface area contributed by atoms with E-state index < -0.39 is 0 Å². The van der Waals surface area contributed by atoms with Gasteiger partial charge in [0.05, 0.1) is 13.0 Å². The summed E-state index contributed by atoms with van der Waals surface area (Å²) >= 11 is 0. The third-order valence-corrected chi connectivity index (χ3v) is 3.46. The molecule has 1 fully saturated rings. The van der Waals surface area contributed by atoms with Crippen molar-refractivity contribution in [3.8, 4) is 0 Å². The quantitative estimate of drug-likeness (QED) is 0.709. The van der Waals surface area contributed by atoms with E-state index >= 15 is 0 Å². The van der Waals surface area contributed by atoms with Crippen molar-refractivity contribution < 1.29 is 9.53 Å². The highest BCUT2D eigenvalue weighted by Gasteiger charge is 2.19. The number of rotatable bonds is 6. The molecule has 0 aromatic heterocycles. The van der Waals surface area contributed by atoms with Gasteiger partial charge >= 0.3 is 5.97 Å². The third-order valence-electron chi connectivity index (χ3n) is 3.46. The Hall–Kier alpha value is -0.570. The number of esters is 1. The molecule has 1 N–H and O–H groups in total. The molecule has 3 heteroatoms. The van der Waals surface area contributed by atoms with Gasteiger partial charge in [0.2, 0.25) is 0 Å². The fraction of sp³-hybridized carbons (Fsp3) is 0.923. The molecule has 1 aliphatic carbocycles. The second-order valence-electron chi connectivity index (χ2n) is 4.70. The monoisotopic (exact) mass is 227 g/mol. The average molecular weight is 227 g/mol. The smallest absolute Gasteiger partial charge is 0.307 e. The van der Waals surface area contributed by atoms with Crippen LogP contribution in [0.3, 0.4) is 0 Å². The van der Waals surface area contributed by atoms with Crippen molar-refractivity contribution in [3.05, 3.63) is 0 Å². The van der Waals surface area contributed by atoms with Gasteiger partial charge in [0.25, 0.3) is 0 Å². The molecule has 1 aliphatic rings. The van der Waals surface area contributed by atoms with Crippen molar-refractivity contribution in [1.29, 1.82) is 0 Å². The Morgan fingerprint density at radius 2 is 2.06 bits per heavy atom. The minimum atomic E-state index is -0.0918. The van der Waals surface area contributed by atoms with E-state index in [1.165, 1.54) is 32.1 Å². The van der Waals surface area contributed by atoms with E-state index in [-0.39, 0.29) is 5.97 Å². The van der Waals surface area contributed by atoms with Gasteiger partial charge in [-0.1, -0.05) is 19.3 Å². The summed E-state index contributed by atoms with van der Waals surface area (Å²) in [5.41, 5.74) is 0. The van der Waals surface area contributed by atoms with Crippen molar-refractivity contribution in [3.63, 3.8) is 0 Å². The molecule has 0 aromatic carbocycles. The highest BCUT2D eigenvalue weighted by Crippen LogP contribution is 2.26. The maximum atomic E-state index is 11.1. The molecule has 1 rings (SSSR count). The SMILES string of the molecule is CCOC(=O)CCN[C@H](C)C1CCCCC1. The van der Waals surface area contributed by atoms with Gasteiger partial charge in [-0.15, -0.1) is 0 Å². The number of carbonyl (C=O) groups excluding carboxylic acids is 1. The summed E-state index contributed by atoms with van der Waals surface area (Å²) < 4.78 is 4.89. The van der Waals surface area contributed by atoms with Crippen LogP contribution >= 0.6 is 0 Å². The summed E-state index contributed by atoms with van der Waals surface area (Å²) in [6.07, 6.45) is 7.31. The van der Waals surface area contributed by atoms with Crippen LogP contribution in [0.4, 0.5) is 0 Å². The van der Waals surface area contributed by atoms with Crippen molar-refractivity contribution in [1.82, 2.24) is 5.32 Å². The predicted molar refractivity (Wildman–Crippen MR) is 65.3 cm³/mol. The van der Waals surface area contributed by atoms with Crippen LogP contribution in [0, 0.1) is 5.92 Å². The van der Waals surface area contributed by atoms with E-state index in [4.69, 9.17) is 4.74 Å². The van der Waals surface area contributed by atoms with Crippen LogP contribution in [0.1, 0.15) is 52.4 Å². The Labute approximate surface area is 98.9 Å². The van der Waals surface area contributed by atoms with Crippen LogP contribution in [0.2, 0.25) is 0 Å². The van der Waals surface area contributed by atoms with Gasteiger partial charge in [-0.25, -0.2) is 0 Å². The first-order valence-electron chi connectivity index (χ1n) is 6.63. The van der Waals surface area contributed by atoms with Gasteiger partial charge in [0, 0.05) is 12.6 Å². The second kappa shape index (κ2) is 7.66. The van der Waals surface area contributed by atoms with E-state index in [2.05, 4.69) is 12.2 Å². The van der Waals surface area contributed by atoms with Crippen molar-refractivity contribution >= 4 is 5.97 Å². The van der Waals surface area contributed by atoms with Crippen molar-refractivity contribution in [2.75, 3.05) is 13.2 Å². The van der Waals surface area contributed by atoms with Gasteiger partial charge in [-0.05, 0) is 32.6 Å². The van der Waals surface area contributed by atoms with Crippen LogP contribution < -0.4 is 5.32 Å². The lowest BCUT2D eigenvalue weighted by Gasteiger charge is -2.28. The van der Waals surface area contributed by atoms with Crippen LogP contribution in [0.15, 0.2) is 0 Å². The fourth-order valence-corrected chi connectivity index (χ4v) is 2.44. The molecule has 0 heterocycles. The number of carbonyl (C=O) groups is 1. The molecule has 3 nitrogen and oxygen atoms in total. The van der Waals surface area contributed by atoms with E-state index in [1.54, 1.807) is 0 Å². The fourth-order valence-electron chi connectivity index (χ4n) is 2.44. The first-order valence-corrected chi connectivity index (χ1v) is 6.63. The maximum Gasteiger partial charge on any atom is 0.307 e. The second-order valence-corrected chi connectivity index (χ2v) is 4.70. The van der Waals surface area contributed by atoms with E-state index in [1.807, 2.05) is 6.92 Å². The van der Waals surface area contributed by atoms with Crippen LogP contribution in [-0.4, -0.2) is 25.2 Å². The van der Waals surface area contributed by atoms with Gasteiger partial charge in [-0.2, -0.15) is 0 Å². The Kier molecular flexibility index (Phi) is 6.46. The van der Waals surface area contributed by atoms with Crippen molar-refractivity contribution in [2.45, 2.75) is 58.4 Å². The maximum absolute atomic E-state index is 11.1. The average Bonchev–Trinajstić information content (AvgIpc) is 2.30. The largest absolute Gasteiger partial charge is 0.466 e. The molecule has 0 unspecified atom stereocenters. The highest BCUT2D eigenvalue weighted by atomic mass is 16.5. The molecule has 0 amide bonds. The molecule has 1 saturated carbocycles. The summed E-state index contributed by atoms with van der Waals surface area (Å²) in [6, 6.07) is 0.537. The predicted octanol–water partition coefficient (Wildman–Crippen LogP) is 2.50. The number of hydrogen-bond donors (Lipinski definition) is 1. The molecule has 0 aromatic rings. The number of nitrogens with one attached hydrogen (secondary N) is 1. The minimum absolute atomic E-state index is 0.0918. The summed E-state index contributed by atoms with van der Waals surface area (Å²) in [5, 5.41) is 3.44. The molecule has 16 heavy (non-hydrogen) atoms. The summed E-state index contributed by atoms with van der Waals surface area (Å²) in [6.45, 7) is 5.31. The molecule has 94 valence electrons. The van der Waals surface area contributed by atoms with E-state index in [0.717, 1.165) is 12.5 Å².